The fourth-order valence-electron chi connectivity index (χ4n) is 2.27. The highest BCUT2D eigenvalue weighted by atomic mass is 16.5. The van der Waals surface area contributed by atoms with Gasteiger partial charge in [0.05, 0.1) is 11.0 Å². The number of rotatable bonds is 3. The molecular formula is C15H33N3O4. The average molecular weight is 319 g/mol. The van der Waals surface area contributed by atoms with Crippen molar-refractivity contribution in [2.45, 2.75) is 45.1 Å². The number of hydrogen-bond acceptors (Lipinski definition) is 6. The third-order valence-corrected chi connectivity index (χ3v) is 4.17. The Morgan fingerprint density at radius 1 is 0.955 bits per heavy atom. The van der Waals surface area contributed by atoms with Gasteiger partial charge in [-0.1, -0.05) is 13.8 Å². The van der Waals surface area contributed by atoms with E-state index >= 15 is 0 Å². The number of carbonyl (C=O) groups excluding carboxylic acids is 1. The monoisotopic (exact) mass is 319 g/mol. The van der Waals surface area contributed by atoms with Gasteiger partial charge >= 0.3 is 0 Å². The van der Waals surface area contributed by atoms with Crippen molar-refractivity contribution >= 4 is 5.91 Å². The lowest BCUT2D eigenvalue weighted by atomic mass is 9.80. The molecule has 0 aromatic carbocycles. The van der Waals surface area contributed by atoms with Crippen LogP contribution in [-0.4, -0.2) is 56.1 Å². The van der Waals surface area contributed by atoms with Gasteiger partial charge in [0.15, 0.2) is 0 Å². The Kier molecular flexibility index (Phi) is 10.5. The summed E-state index contributed by atoms with van der Waals surface area (Å²) in [7, 11) is 0. The molecule has 0 bridgehead atoms. The van der Waals surface area contributed by atoms with Crippen LogP contribution in [0, 0.1) is 5.41 Å². The molecule has 7 N–H and O–H groups in total. The summed E-state index contributed by atoms with van der Waals surface area (Å²) in [6, 6.07) is 0. The number of nitrogens with two attached hydrogens (primary N) is 3. The van der Waals surface area contributed by atoms with Gasteiger partial charge in [-0.05, 0) is 12.8 Å². The lowest BCUT2D eigenvalue weighted by Crippen LogP contribution is -2.46. The molecule has 1 amide bonds. The minimum Gasteiger partial charge on any atom is -0.388 e. The summed E-state index contributed by atoms with van der Waals surface area (Å²) in [6.45, 7) is 7.18. The SMILES string of the molecule is CC.NCC1(C(N)=O)CCOCC1.NCC1(O)CCOCC1. The second-order valence-corrected chi connectivity index (χ2v) is 5.50. The van der Waals surface area contributed by atoms with Gasteiger partial charge in [0, 0.05) is 52.4 Å². The maximum absolute atomic E-state index is 11.0. The first-order valence-corrected chi connectivity index (χ1v) is 8.06. The van der Waals surface area contributed by atoms with Crippen molar-refractivity contribution in [1.29, 1.82) is 0 Å². The van der Waals surface area contributed by atoms with Gasteiger partial charge in [-0.15, -0.1) is 0 Å². The van der Waals surface area contributed by atoms with Crippen molar-refractivity contribution in [3.05, 3.63) is 0 Å². The zero-order valence-electron chi connectivity index (χ0n) is 14.0. The first-order valence-electron chi connectivity index (χ1n) is 8.06. The standard InChI is InChI=1S/C7H14N2O2.C6H13NO2.C2H6/c8-5-7(6(9)10)1-3-11-4-2-7;7-5-6(8)1-3-9-4-2-6;1-2/h1-5,8H2,(H2,9,10);8H,1-5,7H2;1-2H3. The molecule has 0 aliphatic carbocycles. The first-order chi connectivity index (χ1) is 10.5. The van der Waals surface area contributed by atoms with E-state index in [4.69, 9.17) is 26.7 Å². The molecule has 0 unspecified atom stereocenters. The van der Waals surface area contributed by atoms with Gasteiger partial charge in [0.1, 0.15) is 0 Å². The molecule has 0 aromatic heterocycles. The Balaban J connectivity index is 0.000000366. The molecule has 22 heavy (non-hydrogen) atoms. The van der Waals surface area contributed by atoms with Crippen LogP contribution in [0.3, 0.4) is 0 Å². The van der Waals surface area contributed by atoms with E-state index in [0.717, 1.165) is 0 Å². The van der Waals surface area contributed by atoms with Crippen molar-refractivity contribution < 1.29 is 19.4 Å². The third kappa shape index (κ3) is 6.58. The average Bonchev–Trinajstić information content (AvgIpc) is 2.58. The maximum atomic E-state index is 11.0. The van der Waals surface area contributed by atoms with Crippen LogP contribution in [0.2, 0.25) is 0 Å². The number of aliphatic hydroxyl groups is 1. The molecule has 132 valence electrons. The van der Waals surface area contributed by atoms with Crippen LogP contribution < -0.4 is 17.2 Å². The van der Waals surface area contributed by atoms with Crippen molar-refractivity contribution in [1.82, 2.24) is 0 Å². The Morgan fingerprint density at radius 2 is 1.36 bits per heavy atom. The molecule has 2 aliphatic heterocycles. The van der Waals surface area contributed by atoms with E-state index < -0.39 is 11.0 Å². The molecular weight excluding hydrogens is 286 g/mol. The topological polar surface area (TPSA) is 134 Å². The predicted molar refractivity (Wildman–Crippen MR) is 86.1 cm³/mol. The third-order valence-electron chi connectivity index (χ3n) is 4.17. The molecule has 0 atom stereocenters. The van der Waals surface area contributed by atoms with Crippen LogP contribution in [0.25, 0.3) is 0 Å². The van der Waals surface area contributed by atoms with E-state index in [0.29, 0.717) is 65.2 Å². The predicted octanol–water partition coefficient (Wildman–Crippen LogP) is -0.260. The van der Waals surface area contributed by atoms with E-state index in [1.807, 2.05) is 13.8 Å². The quantitative estimate of drug-likeness (QED) is 0.566. The highest BCUT2D eigenvalue weighted by molar-refractivity contribution is 5.81. The lowest BCUT2D eigenvalue weighted by Gasteiger charge is -2.32. The first kappa shape index (κ1) is 21.3. The van der Waals surface area contributed by atoms with Gasteiger partial charge in [-0.25, -0.2) is 0 Å². The van der Waals surface area contributed by atoms with Crippen LogP contribution in [0.5, 0.6) is 0 Å². The maximum Gasteiger partial charge on any atom is 0.225 e. The summed E-state index contributed by atoms with van der Waals surface area (Å²) < 4.78 is 10.2. The Morgan fingerprint density at radius 3 is 1.59 bits per heavy atom. The van der Waals surface area contributed by atoms with Gasteiger partial charge in [-0.2, -0.15) is 0 Å². The summed E-state index contributed by atoms with van der Waals surface area (Å²) in [5, 5.41) is 9.48. The minimum atomic E-state index is -0.627. The number of amides is 1. The van der Waals surface area contributed by atoms with E-state index in [2.05, 4.69) is 0 Å². The zero-order valence-corrected chi connectivity index (χ0v) is 14.0. The second kappa shape index (κ2) is 10.9. The summed E-state index contributed by atoms with van der Waals surface area (Å²) >= 11 is 0. The van der Waals surface area contributed by atoms with Gasteiger partial charge in [-0.3, -0.25) is 4.79 Å². The summed E-state index contributed by atoms with van der Waals surface area (Å²) in [5.41, 5.74) is 14.9. The van der Waals surface area contributed by atoms with Crippen molar-refractivity contribution in [3.8, 4) is 0 Å². The van der Waals surface area contributed by atoms with Crippen molar-refractivity contribution in [2.24, 2.45) is 22.6 Å². The number of carbonyl (C=O) groups is 1. The Labute approximate surface area is 133 Å². The summed E-state index contributed by atoms with van der Waals surface area (Å²) in [4.78, 5) is 11.0. The molecule has 7 heteroatoms. The molecule has 0 spiro atoms. The minimum absolute atomic E-state index is 0.289. The molecule has 0 aromatic rings. The number of primary amides is 1. The van der Waals surface area contributed by atoms with Crippen LogP contribution >= 0.6 is 0 Å². The lowest BCUT2D eigenvalue weighted by molar-refractivity contribution is -0.132. The fourth-order valence-corrected chi connectivity index (χ4v) is 2.27. The molecule has 2 heterocycles. The highest BCUT2D eigenvalue weighted by Gasteiger charge is 2.36. The largest absolute Gasteiger partial charge is 0.388 e. The molecule has 2 saturated heterocycles. The highest BCUT2D eigenvalue weighted by Crippen LogP contribution is 2.28. The Bertz CT molecular complexity index is 301. The van der Waals surface area contributed by atoms with Crippen LogP contribution in [0.15, 0.2) is 0 Å². The molecule has 0 saturated carbocycles. The fraction of sp³-hybridized carbons (Fsp3) is 0.933. The molecule has 2 rings (SSSR count). The van der Waals surface area contributed by atoms with Crippen LogP contribution in [0.4, 0.5) is 0 Å². The number of hydrogen-bond donors (Lipinski definition) is 4. The van der Waals surface area contributed by atoms with E-state index in [1.54, 1.807) is 0 Å². The molecule has 7 nitrogen and oxygen atoms in total. The van der Waals surface area contributed by atoms with Crippen molar-refractivity contribution in [3.63, 3.8) is 0 Å². The van der Waals surface area contributed by atoms with E-state index in [-0.39, 0.29) is 5.91 Å². The van der Waals surface area contributed by atoms with Crippen molar-refractivity contribution in [2.75, 3.05) is 39.5 Å². The normalized spacial score (nSPS) is 22.4. The number of ether oxygens (including phenoxy) is 2. The second-order valence-electron chi connectivity index (χ2n) is 5.50. The van der Waals surface area contributed by atoms with Gasteiger partial charge < -0.3 is 31.8 Å². The molecule has 0 radical (unpaired) electrons. The summed E-state index contributed by atoms with van der Waals surface area (Å²) in [6.07, 6.45) is 2.70. The smallest absolute Gasteiger partial charge is 0.225 e. The van der Waals surface area contributed by atoms with Crippen LogP contribution in [-0.2, 0) is 14.3 Å². The van der Waals surface area contributed by atoms with E-state index in [9.17, 15) is 9.90 Å². The molecule has 2 aliphatic rings. The van der Waals surface area contributed by atoms with E-state index in [1.165, 1.54) is 0 Å². The molecule has 2 fully saturated rings. The van der Waals surface area contributed by atoms with Gasteiger partial charge in [0.2, 0.25) is 5.91 Å². The zero-order chi connectivity index (χ0) is 17.1. The Hall–Kier alpha value is -0.730. The van der Waals surface area contributed by atoms with Gasteiger partial charge in [0.25, 0.3) is 0 Å². The van der Waals surface area contributed by atoms with Crippen LogP contribution in [0.1, 0.15) is 39.5 Å². The summed E-state index contributed by atoms with van der Waals surface area (Å²) in [5.74, 6) is -0.289.